The molecular weight excluding hydrogens is 294 g/mol. The summed E-state index contributed by atoms with van der Waals surface area (Å²) in [7, 11) is 2.18. The van der Waals surface area contributed by atoms with Gasteiger partial charge >= 0.3 is 0 Å². The van der Waals surface area contributed by atoms with Crippen LogP contribution in [0, 0.1) is 0 Å². The van der Waals surface area contributed by atoms with E-state index in [0.29, 0.717) is 12.6 Å². The third-order valence-electron chi connectivity index (χ3n) is 3.64. The van der Waals surface area contributed by atoms with Crippen LogP contribution in [0.15, 0.2) is 21.2 Å². The Labute approximate surface area is 117 Å². The van der Waals surface area contributed by atoms with Gasteiger partial charge in [0, 0.05) is 25.7 Å². The van der Waals surface area contributed by atoms with Crippen LogP contribution in [0.3, 0.4) is 0 Å². The van der Waals surface area contributed by atoms with Crippen LogP contribution in [-0.4, -0.2) is 49.1 Å². The molecule has 4 nitrogen and oxygen atoms in total. The monoisotopic (exact) mass is 315 g/mol. The van der Waals surface area contributed by atoms with Gasteiger partial charge < -0.3 is 15.1 Å². The molecule has 1 saturated heterocycles. The summed E-state index contributed by atoms with van der Waals surface area (Å²) >= 11 is 3.36. The van der Waals surface area contributed by atoms with Crippen LogP contribution >= 0.6 is 15.9 Å². The summed E-state index contributed by atoms with van der Waals surface area (Å²) in [4.78, 5) is 4.85. The first kappa shape index (κ1) is 14.1. The lowest BCUT2D eigenvalue weighted by molar-refractivity contribution is 0.130. The van der Waals surface area contributed by atoms with Gasteiger partial charge in [0.2, 0.25) is 0 Å². The van der Waals surface area contributed by atoms with Gasteiger partial charge in [-0.15, -0.1) is 0 Å². The number of rotatable bonds is 3. The van der Waals surface area contributed by atoms with Crippen LogP contribution in [0.2, 0.25) is 0 Å². The van der Waals surface area contributed by atoms with E-state index in [-0.39, 0.29) is 6.04 Å². The van der Waals surface area contributed by atoms with Gasteiger partial charge in [0.15, 0.2) is 4.67 Å². The van der Waals surface area contributed by atoms with E-state index in [1.807, 2.05) is 12.1 Å². The summed E-state index contributed by atoms with van der Waals surface area (Å²) in [5.41, 5.74) is 5.96. The van der Waals surface area contributed by atoms with Gasteiger partial charge in [0.05, 0.1) is 6.04 Å². The van der Waals surface area contributed by atoms with E-state index in [4.69, 9.17) is 10.2 Å². The average molecular weight is 316 g/mol. The highest BCUT2D eigenvalue weighted by molar-refractivity contribution is 9.10. The quantitative estimate of drug-likeness (QED) is 0.927. The fourth-order valence-corrected chi connectivity index (χ4v) is 3.10. The fraction of sp³-hybridized carbons (Fsp3) is 0.692. The zero-order valence-corrected chi connectivity index (χ0v) is 12.7. The highest BCUT2D eigenvalue weighted by atomic mass is 79.9. The lowest BCUT2D eigenvalue weighted by atomic mass is 10.1. The third kappa shape index (κ3) is 3.15. The van der Waals surface area contributed by atoms with E-state index >= 15 is 0 Å². The van der Waals surface area contributed by atoms with Gasteiger partial charge in [-0.3, -0.25) is 4.90 Å². The summed E-state index contributed by atoms with van der Waals surface area (Å²) in [6, 6.07) is 4.63. The largest absolute Gasteiger partial charge is 0.453 e. The van der Waals surface area contributed by atoms with Crippen LogP contribution < -0.4 is 5.73 Å². The van der Waals surface area contributed by atoms with Gasteiger partial charge in [-0.2, -0.15) is 0 Å². The number of hydrogen-bond acceptors (Lipinski definition) is 4. The van der Waals surface area contributed by atoms with Crippen molar-refractivity contribution in [3.63, 3.8) is 0 Å². The third-order valence-corrected chi connectivity index (χ3v) is 4.07. The number of hydrogen-bond donors (Lipinski definition) is 1. The zero-order valence-electron chi connectivity index (χ0n) is 11.1. The molecule has 2 N–H and O–H groups in total. The normalized spacial score (nSPS) is 25.0. The number of halogens is 1. The van der Waals surface area contributed by atoms with E-state index in [2.05, 4.69) is 39.7 Å². The van der Waals surface area contributed by atoms with Crippen LogP contribution in [0.25, 0.3) is 0 Å². The number of furan rings is 1. The van der Waals surface area contributed by atoms with Crippen molar-refractivity contribution in [3.05, 3.63) is 22.6 Å². The topological polar surface area (TPSA) is 45.6 Å². The van der Waals surface area contributed by atoms with Crippen molar-refractivity contribution in [3.8, 4) is 0 Å². The number of nitrogens with two attached hydrogens (primary N) is 1. The highest BCUT2D eigenvalue weighted by Crippen LogP contribution is 2.27. The predicted octanol–water partition coefficient (Wildman–Crippen LogP) is 2.07. The molecule has 0 bridgehead atoms. The summed E-state index contributed by atoms with van der Waals surface area (Å²) < 4.78 is 6.46. The number of nitrogens with zero attached hydrogens (tertiary/aromatic N) is 2. The zero-order chi connectivity index (χ0) is 13.1. The number of likely N-dealkylation sites (N-methyl/N-ethyl adjacent to an activating group) is 1. The van der Waals surface area contributed by atoms with Crippen molar-refractivity contribution in [2.24, 2.45) is 5.73 Å². The molecule has 1 aromatic heterocycles. The van der Waals surface area contributed by atoms with Crippen LogP contribution in [0.4, 0.5) is 0 Å². The van der Waals surface area contributed by atoms with Crippen molar-refractivity contribution in [1.29, 1.82) is 0 Å². The molecule has 0 saturated carbocycles. The molecule has 0 aliphatic carbocycles. The minimum Gasteiger partial charge on any atom is -0.453 e. The molecule has 0 spiro atoms. The van der Waals surface area contributed by atoms with Crippen LogP contribution in [-0.2, 0) is 0 Å². The van der Waals surface area contributed by atoms with Gasteiger partial charge in [0.1, 0.15) is 5.76 Å². The van der Waals surface area contributed by atoms with Crippen molar-refractivity contribution in [2.75, 3.05) is 33.2 Å². The molecule has 0 radical (unpaired) electrons. The second kappa shape index (κ2) is 6.19. The summed E-state index contributed by atoms with van der Waals surface area (Å²) in [6.07, 6.45) is 1.18. The molecule has 2 heterocycles. The van der Waals surface area contributed by atoms with E-state index in [1.54, 1.807) is 0 Å². The summed E-state index contributed by atoms with van der Waals surface area (Å²) in [6.45, 7) is 6.17. The molecule has 0 amide bonds. The SMILES string of the molecule is CC1CN(C)CCCN1C(CN)c1ccc(Br)o1. The smallest absolute Gasteiger partial charge is 0.169 e. The van der Waals surface area contributed by atoms with E-state index < -0.39 is 0 Å². The second-order valence-corrected chi connectivity index (χ2v) is 5.88. The maximum Gasteiger partial charge on any atom is 0.169 e. The first-order valence-corrected chi connectivity index (χ1v) is 7.30. The lowest BCUT2D eigenvalue weighted by Gasteiger charge is -2.33. The molecular formula is C13H22BrN3O. The standard InChI is InChI=1S/C13H22BrN3O/c1-10-9-16(2)6-3-7-17(10)11(8-15)12-4-5-13(14)18-12/h4-5,10-11H,3,6-9,15H2,1-2H3. The minimum absolute atomic E-state index is 0.179. The molecule has 1 aliphatic heterocycles. The Hall–Kier alpha value is -0.360. The first-order chi connectivity index (χ1) is 8.61. The highest BCUT2D eigenvalue weighted by Gasteiger charge is 2.28. The molecule has 102 valence electrons. The molecule has 18 heavy (non-hydrogen) atoms. The molecule has 2 rings (SSSR count). The summed E-state index contributed by atoms with van der Waals surface area (Å²) in [5, 5.41) is 0. The maximum absolute atomic E-state index is 5.96. The lowest BCUT2D eigenvalue weighted by Crippen LogP contribution is -2.42. The molecule has 1 aliphatic rings. The Balaban J connectivity index is 2.15. The Morgan fingerprint density at radius 1 is 1.50 bits per heavy atom. The average Bonchev–Trinajstić information content (AvgIpc) is 2.67. The van der Waals surface area contributed by atoms with Gasteiger partial charge in [-0.1, -0.05) is 0 Å². The minimum atomic E-state index is 0.179. The molecule has 2 atom stereocenters. The maximum atomic E-state index is 5.96. The molecule has 0 aromatic carbocycles. The van der Waals surface area contributed by atoms with Crippen molar-refractivity contribution >= 4 is 15.9 Å². The van der Waals surface area contributed by atoms with E-state index in [9.17, 15) is 0 Å². The Bertz CT molecular complexity index is 382. The van der Waals surface area contributed by atoms with Crippen molar-refractivity contribution in [1.82, 2.24) is 9.80 Å². The molecule has 1 fully saturated rings. The molecule has 5 heteroatoms. The first-order valence-electron chi connectivity index (χ1n) is 6.51. The van der Waals surface area contributed by atoms with E-state index in [1.165, 1.54) is 6.42 Å². The van der Waals surface area contributed by atoms with Crippen molar-refractivity contribution < 1.29 is 4.42 Å². The van der Waals surface area contributed by atoms with Gasteiger partial charge in [-0.25, -0.2) is 0 Å². The van der Waals surface area contributed by atoms with E-state index in [0.717, 1.165) is 30.1 Å². The Kier molecular flexibility index (Phi) is 4.84. The Morgan fingerprint density at radius 2 is 2.28 bits per heavy atom. The predicted molar refractivity (Wildman–Crippen MR) is 76.5 cm³/mol. The van der Waals surface area contributed by atoms with Crippen LogP contribution in [0.5, 0.6) is 0 Å². The molecule has 1 aromatic rings. The van der Waals surface area contributed by atoms with Crippen molar-refractivity contribution in [2.45, 2.75) is 25.4 Å². The second-order valence-electron chi connectivity index (χ2n) is 5.10. The Morgan fingerprint density at radius 3 is 2.89 bits per heavy atom. The fourth-order valence-electron chi connectivity index (χ4n) is 2.78. The molecule has 2 unspecified atom stereocenters. The van der Waals surface area contributed by atoms with Gasteiger partial charge in [0.25, 0.3) is 0 Å². The van der Waals surface area contributed by atoms with Crippen LogP contribution in [0.1, 0.15) is 25.1 Å². The van der Waals surface area contributed by atoms with Gasteiger partial charge in [-0.05, 0) is 55.0 Å². The summed E-state index contributed by atoms with van der Waals surface area (Å²) in [5.74, 6) is 0.959.